The van der Waals surface area contributed by atoms with Crippen LogP contribution in [0.1, 0.15) is 111 Å². The summed E-state index contributed by atoms with van der Waals surface area (Å²) >= 11 is 0. The Morgan fingerprint density at radius 2 is 1.70 bits per heavy atom. The average Bonchev–Trinajstić information content (AvgIpc) is 3.32. The Morgan fingerprint density at radius 1 is 0.922 bits per heavy atom. The van der Waals surface area contributed by atoms with Gasteiger partial charge in [0.05, 0.1) is 24.8 Å². The average molecular weight is 871 g/mol. The molecular weight excluding hydrogens is 805 g/mol. The second-order valence-corrected chi connectivity index (χ2v) is 18.1. The van der Waals surface area contributed by atoms with Crippen molar-refractivity contribution in [2.24, 2.45) is 22.9 Å². The topological polar surface area (TPSA) is 119 Å². The molecule has 4 aromatic rings. The van der Waals surface area contributed by atoms with Crippen LogP contribution in [0.2, 0.25) is 0 Å². The van der Waals surface area contributed by atoms with Gasteiger partial charge in [0.2, 0.25) is 12.1 Å². The van der Waals surface area contributed by atoms with E-state index in [4.69, 9.17) is 28.9 Å². The molecule has 64 heavy (non-hydrogen) atoms. The van der Waals surface area contributed by atoms with Gasteiger partial charge in [-0.2, -0.15) is 0 Å². The van der Waals surface area contributed by atoms with Crippen molar-refractivity contribution in [3.8, 4) is 17.2 Å². The number of carbonyl (C=O) groups is 1. The second-order valence-electron chi connectivity index (χ2n) is 18.1. The van der Waals surface area contributed by atoms with Crippen molar-refractivity contribution >= 4 is 22.4 Å². The molecule has 2 aliphatic carbocycles. The molecule has 2 N–H and O–H groups in total. The summed E-state index contributed by atoms with van der Waals surface area (Å²) in [5, 5.41) is 27.1. The van der Waals surface area contributed by atoms with Crippen LogP contribution < -0.4 is 9.47 Å². The molecule has 2 fully saturated rings. The number of fused-ring (bicyclic) bond motifs is 3. The molecule has 2 heterocycles. The molecule has 0 radical (unpaired) electrons. The van der Waals surface area contributed by atoms with Crippen molar-refractivity contribution in [2.45, 2.75) is 115 Å². The lowest BCUT2D eigenvalue weighted by atomic mass is 9.55. The Balaban J connectivity index is 1.33. The number of unbranched alkanes of at least 4 members (excludes halogenated alkanes) is 2. The van der Waals surface area contributed by atoms with Gasteiger partial charge in [-0.25, -0.2) is 0 Å². The van der Waals surface area contributed by atoms with Crippen LogP contribution in [0.4, 0.5) is 0 Å². The van der Waals surface area contributed by atoms with Crippen LogP contribution in [-0.2, 0) is 14.3 Å². The number of ether oxygens (including phenoxy) is 4. The number of aryl methyl sites for hydroxylation is 2. The van der Waals surface area contributed by atoms with Crippen LogP contribution in [0, 0.1) is 31.6 Å². The van der Waals surface area contributed by atoms with Crippen molar-refractivity contribution in [1.82, 2.24) is 4.90 Å². The molecule has 1 amide bonds. The molecule has 0 aromatic heterocycles. The largest absolute Gasteiger partial charge is 0.459 e. The summed E-state index contributed by atoms with van der Waals surface area (Å²) in [6.07, 6.45) is 12.2. The Labute approximate surface area is 378 Å². The Morgan fingerprint density at radius 3 is 2.45 bits per heavy atom. The maximum atomic E-state index is 15.3. The number of allylic oxidation sites excluding steroid dienone is 1. The van der Waals surface area contributed by atoms with Crippen LogP contribution in [0.25, 0.3) is 10.8 Å². The summed E-state index contributed by atoms with van der Waals surface area (Å²) in [6, 6.07) is 25.6. The summed E-state index contributed by atoms with van der Waals surface area (Å²) in [7, 11) is 0. The summed E-state index contributed by atoms with van der Waals surface area (Å²) in [4.78, 5) is 23.6. The van der Waals surface area contributed by atoms with Crippen LogP contribution in [0.5, 0.6) is 17.2 Å². The fourth-order valence-electron chi connectivity index (χ4n) is 10.7. The molecule has 8 rings (SSSR count). The minimum absolute atomic E-state index is 0.0867. The third kappa shape index (κ3) is 9.52. The first-order valence-electron chi connectivity index (χ1n) is 23.7. The number of rotatable bonds is 19. The molecule has 7 unspecified atom stereocenters. The third-order valence-corrected chi connectivity index (χ3v) is 13.9. The van der Waals surface area contributed by atoms with E-state index in [-0.39, 0.29) is 43.5 Å². The normalized spacial score (nSPS) is 25.5. The molecule has 0 bridgehead atoms. The maximum Gasteiger partial charge on any atom is 0.254 e. The third-order valence-electron chi connectivity index (χ3n) is 13.9. The molecule has 2 aliphatic heterocycles. The second kappa shape index (κ2) is 20.9. The Hall–Kier alpha value is -5.00. The van der Waals surface area contributed by atoms with E-state index in [2.05, 4.69) is 57.7 Å². The smallest absolute Gasteiger partial charge is 0.254 e. The molecule has 4 aromatic carbocycles. The lowest BCUT2D eigenvalue weighted by Crippen LogP contribution is -2.70. The SMILES string of the molecule is C=CCOC12Oc3ccc(Oc4ccc(C)c(C)c4)cc3C3C(CCCCO)C(CCCCO)C=C(C(=NOC4CCCCO4)CC1N(CCC)C(=O)c1ccc4ccccc4c1)C32. The van der Waals surface area contributed by atoms with E-state index in [9.17, 15) is 10.2 Å². The zero-order chi connectivity index (χ0) is 44.6. The van der Waals surface area contributed by atoms with Crippen molar-refractivity contribution in [1.29, 1.82) is 0 Å². The Kier molecular flexibility index (Phi) is 14.9. The van der Waals surface area contributed by atoms with Crippen molar-refractivity contribution in [3.05, 3.63) is 125 Å². The van der Waals surface area contributed by atoms with Gasteiger partial charge in [0, 0.05) is 49.6 Å². The molecule has 340 valence electrons. The van der Waals surface area contributed by atoms with Gasteiger partial charge >= 0.3 is 0 Å². The fourth-order valence-corrected chi connectivity index (χ4v) is 10.7. The van der Waals surface area contributed by atoms with Crippen LogP contribution in [-0.4, -0.2) is 77.8 Å². The van der Waals surface area contributed by atoms with Crippen molar-refractivity contribution in [2.75, 3.05) is 33.0 Å². The first-order chi connectivity index (χ1) is 31.3. The zero-order valence-electron chi connectivity index (χ0n) is 37.9. The summed E-state index contributed by atoms with van der Waals surface area (Å²) in [5.41, 5.74) is 5.70. The molecule has 7 atom stereocenters. The highest BCUT2D eigenvalue weighted by Crippen LogP contribution is 2.62. The van der Waals surface area contributed by atoms with E-state index in [0.717, 1.165) is 83.9 Å². The highest BCUT2D eigenvalue weighted by Gasteiger charge is 2.65. The van der Waals surface area contributed by atoms with E-state index >= 15 is 4.79 Å². The fraction of sp³-hybridized carbons (Fsp3) is 0.481. The number of aliphatic hydroxyl groups is 2. The molecule has 0 spiro atoms. The number of amides is 1. The Bertz CT molecular complexity index is 2320. The molecule has 4 aliphatic rings. The first kappa shape index (κ1) is 45.6. The van der Waals surface area contributed by atoms with E-state index in [1.54, 1.807) is 6.08 Å². The number of aliphatic hydroxyl groups excluding tert-OH is 2. The van der Waals surface area contributed by atoms with Crippen molar-refractivity contribution in [3.63, 3.8) is 0 Å². The monoisotopic (exact) mass is 870 g/mol. The predicted octanol–water partition coefficient (Wildman–Crippen LogP) is 11.0. The highest BCUT2D eigenvalue weighted by atomic mass is 16.8. The maximum absolute atomic E-state index is 15.3. The standard InChI is InChI=1S/C54H66N2O8/c1-5-26-56(53(59)41-22-21-38-15-7-8-16-39(38)32-41)49-35-47(55-64-50-19-11-14-30-60-50)45-33-40(17-9-12-27-57)44(18-10-13-28-58)51-46-34-43(62-42-23-20-36(3)37(4)31-42)24-25-48(46)63-54(49,52(45)51)61-29-6-2/h6-8,15-16,20-25,31-34,40,44,49-52,57-58H,2,5,9-14,17-19,26-30,35H2,1,3-4H3. The summed E-state index contributed by atoms with van der Waals surface area (Å²) in [5.74, 6) is 0.263. The van der Waals surface area contributed by atoms with Gasteiger partial charge in [-0.15, -0.1) is 6.58 Å². The van der Waals surface area contributed by atoms with Gasteiger partial charge in [0.15, 0.2) is 0 Å². The van der Waals surface area contributed by atoms with Gasteiger partial charge in [0.25, 0.3) is 5.91 Å². The van der Waals surface area contributed by atoms with Gasteiger partial charge < -0.3 is 38.9 Å². The van der Waals surface area contributed by atoms with Gasteiger partial charge in [-0.1, -0.05) is 73.5 Å². The molecule has 10 heteroatoms. The zero-order valence-corrected chi connectivity index (χ0v) is 37.9. The molecular formula is C54H66N2O8. The van der Waals surface area contributed by atoms with Crippen LogP contribution in [0.3, 0.4) is 0 Å². The number of carbonyl (C=O) groups excluding carboxylic acids is 1. The summed E-state index contributed by atoms with van der Waals surface area (Å²) in [6.45, 7) is 11.9. The minimum atomic E-state index is -1.36. The van der Waals surface area contributed by atoms with Crippen molar-refractivity contribution < 1.29 is 38.8 Å². The number of benzene rings is 4. The number of nitrogens with zero attached hydrogens (tertiary/aromatic N) is 2. The summed E-state index contributed by atoms with van der Waals surface area (Å²) < 4.78 is 27.4. The predicted molar refractivity (Wildman–Crippen MR) is 251 cm³/mol. The van der Waals surface area contributed by atoms with Crippen LogP contribution in [0.15, 0.2) is 108 Å². The highest BCUT2D eigenvalue weighted by molar-refractivity contribution is 6.04. The minimum Gasteiger partial charge on any atom is -0.459 e. The van der Waals surface area contributed by atoms with Gasteiger partial charge in [-0.05, 0) is 141 Å². The van der Waals surface area contributed by atoms with Gasteiger partial charge in [0.1, 0.15) is 23.3 Å². The lowest BCUT2D eigenvalue weighted by Gasteiger charge is -2.60. The van der Waals surface area contributed by atoms with E-state index < -0.39 is 24.0 Å². The van der Waals surface area contributed by atoms with Gasteiger partial charge in [-0.3, -0.25) is 4.79 Å². The molecule has 10 nitrogen and oxygen atoms in total. The molecule has 1 saturated carbocycles. The molecule has 1 saturated heterocycles. The van der Waals surface area contributed by atoms with E-state index in [1.807, 2.05) is 59.5 Å². The number of oxime groups is 1. The number of hydrogen-bond acceptors (Lipinski definition) is 9. The van der Waals surface area contributed by atoms with E-state index in [0.29, 0.717) is 55.9 Å². The quantitative estimate of drug-likeness (QED) is 0.0543. The first-order valence-corrected chi connectivity index (χ1v) is 23.7. The van der Waals surface area contributed by atoms with E-state index in [1.165, 1.54) is 5.56 Å². The lowest BCUT2D eigenvalue weighted by molar-refractivity contribution is -0.254. The van der Waals surface area contributed by atoms with Crippen LogP contribution >= 0.6 is 0 Å². The number of hydrogen-bond donors (Lipinski definition) is 2.